The number of urea groups is 1. The number of likely N-dealkylation sites (tertiary alicyclic amines) is 1. The zero-order valence-corrected chi connectivity index (χ0v) is 14.5. The lowest BCUT2D eigenvalue weighted by Crippen LogP contribution is -2.49. The first-order valence-corrected chi connectivity index (χ1v) is 8.47. The number of imide groups is 1. The Balaban J connectivity index is 1.56. The van der Waals surface area contributed by atoms with Crippen molar-refractivity contribution in [2.24, 2.45) is 0 Å². The van der Waals surface area contributed by atoms with Gasteiger partial charge in [0.05, 0.1) is 5.56 Å². The van der Waals surface area contributed by atoms with Crippen LogP contribution in [0.2, 0.25) is 0 Å². The molecule has 3 amide bonds. The van der Waals surface area contributed by atoms with Gasteiger partial charge < -0.3 is 10.1 Å². The third kappa shape index (κ3) is 3.17. The Morgan fingerprint density at radius 3 is 2.80 bits per heavy atom. The summed E-state index contributed by atoms with van der Waals surface area (Å²) < 4.78 is 5.70. The van der Waals surface area contributed by atoms with Crippen LogP contribution in [0, 0.1) is 11.3 Å². The lowest BCUT2D eigenvalue weighted by Gasteiger charge is -2.23. The van der Waals surface area contributed by atoms with Gasteiger partial charge in [0.2, 0.25) is 0 Å². The van der Waals surface area contributed by atoms with Crippen molar-refractivity contribution in [3.8, 4) is 11.8 Å². The van der Waals surface area contributed by atoms with Gasteiger partial charge in [0.1, 0.15) is 24.0 Å². The maximum absolute atomic E-state index is 12.7. The van der Waals surface area contributed by atoms with Gasteiger partial charge in [-0.15, -0.1) is 0 Å². The van der Waals surface area contributed by atoms with Crippen molar-refractivity contribution in [2.75, 3.05) is 26.2 Å². The van der Waals surface area contributed by atoms with Gasteiger partial charge in [0.25, 0.3) is 5.91 Å². The molecule has 2 aliphatic heterocycles. The highest BCUT2D eigenvalue weighted by molar-refractivity contribution is 6.07. The standard InChI is InChI=1S/C18H22N4O3/c1-13(2)22-16(23)18(20-17(22)24)7-8-21(12-18)9-10-25-15-6-4-3-5-14(15)11-19/h3-6,13H,7-10,12H2,1-2H3,(H,20,24). The van der Waals surface area contributed by atoms with E-state index in [1.54, 1.807) is 18.2 Å². The van der Waals surface area contributed by atoms with E-state index < -0.39 is 5.54 Å². The molecule has 2 heterocycles. The molecule has 0 aromatic heterocycles. The fourth-order valence-corrected chi connectivity index (χ4v) is 3.44. The van der Waals surface area contributed by atoms with Gasteiger partial charge >= 0.3 is 6.03 Å². The number of ether oxygens (including phenoxy) is 1. The van der Waals surface area contributed by atoms with E-state index in [1.807, 2.05) is 19.9 Å². The molecule has 1 spiro atoms. The number of rotatable bonds is 5. The highest BCUT2D eigenvalue weighted by Gasteiger charge is 2.55. The number of nitrogens with zero attached hydrogens (tertiary/aromatic N) is 3. The lowest BCUT2D eigenvalue weighted by atomic mass is 9.99. The van der Waals surface area contributed by atoms with Crippen molar-refractivity contribution in [2.45, 2.75) is 31.8 Å². The Morgan fingerprint density at radius 1 is 1.36 bits per heavy atom. The van der Waals surface area contributed by atoms with Crippen molar-refractivity contribution < 1.29 is 14.3 Å². The maximum atomic E-state index is 12.7. The van der Waals surface area contributed by atoms with Crippen molar-refractivity contribution >= 4 is 11.9 Å². The second-order valence-electron chi connectivity index (χ2n) is 6.76. The molecule has 25 heavy (non-hydrogen) atoms. The fourth-order valence-electron chi connectivity index (χ4n) is 3.44. The SMILES string of the molecule is CC(C)N1C(=O)NC2(CCN(CCOc3ccccc3C#N)C2)C1=O. The smallest absolute Gasteiger partial charge is 0.325 e. The molecule has 0 aliphatic carbocycles. The van der Waals surface area contributed by atoms with Crippen LogP contribution in [-0.4, -0.2) is 59.6 Å². The van der Waals surface area contributed by atoms with Gasteiger partial charge in [-0.05, 0) is 32.4 Å². The fraction of sp³-hybridized carbons (Fsp3) is 0.500. The number of hydrogen-bond acceptors (Lipinski definition) is 5. The molecule has 7 heteroatoms. The van der Waals surface area contributed by atoms with Crippen molar-refractivity contribution in [1.29, 1.82) is 5.26 Å². The van der Waals surface area contributed by atoms with Gasteiger partial charge in [-0.25, -0.2) is 4.79 Å². The number of benzene rings is 1. The molecule has 3 rings (SSSR count). The molecular weight excluding hydrogens is 320 g/mol. The third-order valence-electron chi connectivity index (χ3n) is 4.73. The molecule has 132 valence electrons. The second-order valence-corrected chi connectivity index (χ2v) is 6.76. The van der Waals surface area contributed by atoms with Gasteiger partial charge in [0, 0.05) is 25.7 Å². The molecule has 2 saturated heterocycles. The summed E-state index contributed by atoms with van der Waals surface area (Å²) in [5.41, 5.74) is -0.294. The maximum Gasteiger partial charge on any atom is 0.325 e. The second kappa shape index (κ2) is 6.73. The van der Waals surface area contributed by atoms with Crippen LogP contribution in [0.25, 0.3) is 0 Å². The molecule has 0 saturated carbocycles. The first-order valence-electron chi connectivity index (χ1n) is 8.47. The van der Waals surface area contributed by atoms with E-state index in [4.69, 9.17) is 10.00 Å². The Kier molecular flexibility index (Phi) is 4.64. The van der Waals surface area contributed by atoms with E-state index in [2.05, 4.69) is 16.3 Å². The minimum absolute atomic E-state index is 0.134. The zero-order chi connectivity index (χ0) is 18.0. The molecule has 0 radical (unpaired) electrons. The molecule has 2 aliphatic rings. The van der Waals surface area contributed by atoms with E-state index in [-0.39, 0.29) is 18.0 Å². The summed E-state index contributed by atoms with van der Waals surface area (Å²) >= 11 is 0. The predicted molar refractivity (Wildman–Crippen MR) is 91.0 cm³/mol. The molecule has 1 unspecified atom stereocenters. The summed E-state index contributed by atoms with van der Waals surface area (Å²) in [6.45, 7) is 5.94. The molecule has 1 N–H and O–H groups in total. The quantitative estimate of drug-likeness (QED) is 0.816. The summed E-state index contributed by atoms with van der Waals surface area (Å²) in [6.07, 6.45) is 0.607. The predicted octanol–water partition coefficient (Wildman–Crippen LogP) is 1.34. The topological polar surface area (TPSA) is 85.7 Å². The van der Waals surface area contributed by atoms with Crippen LogP contribution in [0.4, 0.5) is 4.79 Å². The molecule has 1 atom stereocenters. The van der Waals surface area contributed by atoms with Crippen LogP contribution in [0.1, 0.15) is 25.8 Å². The number of amides is 3. The van der Waals surface area contributed by atoms with Crippen LogP contribution >= 0.6 is 0 Å². The minimum atomic E-state index is -0.800. The lowest BCUT2D eigenvalue weighted by molar-refractivity contribution is -0.132. The molecule has 1 aromatic carbocycles. The van der Waals surface area contributed by atoms with E-state index in [9.17, 15) is 9.59 Å². The average Bonchev–Trinajstić information content (AvgIpc) is 3.09. The van der Waals surface area contributed by atoms with Crippen LogP contribution < -0.4 is 10.1 Å². The molecule has 0 bridgehead atoms. The number of carbonyl (C=O) groups excluding carboxylic acids is 2. The zero-order valence-electron chi connectivity index (χ0n) is 14.5. The first-order chi connectivity index (χ1) is 12.0. The normalized spacial score (nSPS) is 23.4. The van der Waals surface area contributed by atoms with E-state index in [0.717, 1.165) is 6.54 Å². The average molecular weight is 342 g/mol. The highest BCUT2D eigenvalue weighted by atomic mass is 16.5. The summed E-state index contributed by atoms with van der Waals surface area (Å²) in [5, 5.41) is 11.9. The van der Waals surface area contributed by atoms with Crippen LogP contribution in [0.15, 0.2) is 24.3 Å². The van der Waals surface area contributed by atoms with Crippen molar-refractivity contribution in [3.63, 3.8) is 0 Å². The number of nitriles is 1. The number of nitrogens with one attached hydrogen (secondary N) is 1. The van der Waals surface area contributed by atoms with Crippen molar-refractivity contribution in [1.82, 2.24) is 15.1 Å². The van der Waals surface area contributed by atoms with Crippen LogP contribution in [0.3, 0.4) is 0 Å². The molecule has 1 aromatic rings. The summed E-state index contributed by atoms with van der Waals surface area (Å²) in [5.74, 6) is 0.431. The van der Waals surface area contributed by atoms with Crippen LogP contribution in [0.5, 0.6) is 5.75 Å². The summed E-state index contributed by atoms with van der Waals surface area (Å²) in [7, 11) is 0. The van der Waals surface area contributed by atoms with Gasteiger partial charge in [-0.1, -0.05) is 12.1 Å². The summed E-state index contributed by atoms with van der Waals surface area (Å²) in [6, 6.07) is 8.76. The first kappa shape index (κ1) is 17.2. The Bertz CT molecular complexity index is 727. The van der Waals surface area contributed by atoms with E-state index in [0.29, 0.717) is 37.4 Å². The van der Waals surface area contributed by atoms with E-state index >= 15 is 0 Å². The summed E-state index contributed by atoms with van der Waals surface area (Å²) in [4.78, 5) is 28.2. The number of para-hydroxylation sites is 1. The largest absolute Gasteiger partial charge is 0.491 e. The minimum Gasteiger partial charge on any atom is -0.491 e. The molecule has 7 nitrogen and oxygen atoms in total. The van der Waals surface area contributed by atoms with Crippen molar-refractivity contribution in [3.05, 3.63) is 29.8 Å². The van der Waals surface area contributed by atoms with Crippen LogP contribution in [-0.2, 0) is 4.79 Å². The molecular formula is C18H22N4O3. The highest BCUT2D eigenvalue weighted by Crippen LogP contribution is 2.29. The van der Waals surface area contributed by atoms with Gasteiger partial charge in [-0.2, -0.15) is 5.26 Å². The Morgan fingerprint density at radius 2 is 2.12 bits per heavy atom. The number of hydrogen-bond donors (Lipinski definition) is 1. The van der Waals surface area contributed by atoms with E-state index in [1.165, 1.54) is 4.90 Å². The monoisotopic (exact) mass is 342 g/mol. The Hall–Kier alpha value is -2.59. The van der Waals surface area contributed by atoms with Gasteiger partial charge in [-0.3, -0.25) is 14.6 Å². The number of carbonyl (C=O) groups is 2. The van der Waals surface area contributed by atoms with Gasteiger partial charge in [0.15, 0.2) is 0 Å². The molecule has 2 fully saturated rings. The third-order valence-corrected chi connectivity index (χ3v) is 4.73. The Labute approximate surface area is 147 Å².